The van der Waals surface area contributed by atoms with E-state index >= 15 is 0 Å². The Balaban J connectivity index is 3.18. The highest BCUT2D eigenvalue weighted by Gasteiger charge is 2.22. The zero-order valence-corrected chi connectivity index (χ0v) is 10.9. The molecule has 0 aliphatic heterocycles. The predicted molar refractivity (Wildman–Crippen MR) is 68.9 cm³/mol. The molecule has 0 bridgehead atoms. The maximum absolute atomic E-state index is 12.0. The van der Waals surface area contributed by atoms with E-state index in [9.17, 15) is 8.42 Å². The second-order valence-electron chi connectivity index (χ2n) is 3.44. The summed E-state index contributed by atoms with van der Waals surface area (Å²) in [7, 11) is -1.86. The minimum absolute atomic E-state index is 0.0705. The van der Waals surface area contributed by atoms with Crippen LogP contribution in [0.4, 0.5) is 5.69 Å². The second kappa shape index (κ2) is 5.88. The molecule has 0 aromatic heterocycles. The molecule has 0 fully saturated rings. The van der Waals surface area contributed by atoms with Gasteiger partial charge in [-0.1, -0.05) is 12.1 Å². The normalized spacial score (nSPS) is 11.2. The van der Waals surface area contributed by atoms with E-state index in [1.54, 1.807) is 31.2 Å². The number of ether oxygens (including phenoxy) is 1. The van der Waals surface area contributed by atoms with E-state index in [0.29, 0.717) is 18.0 Å². The zero-order valence-electron chi connectivity index (χ0n) is 10.1. The van der Waals surface area contributed by atoms with Gasteiger partial charge in [0.2, 0.25) is 10.0 Å². The molecule has 0 aliphatic carbocycles. The largest absolute Gasteiger partial charge is 0.495 e. The Morgan fingerprint density at radius 1 is 1.35 bits per heavy atom. The number of nitrogens with two attached hydrogens (primary N) is 1. The smallest absolute Gasteiger partial charge is 0.236 e. The molecular weight excluding hydrogens is 240 g/mol. The van der Waals surface area contributed by atoms with Gasteiger partial charge in [-0.05, 0) is 19.1 Å². The summed E-state index contributed by atoms with van der Waals surface area (Å²) >= 11 is 0. The highest BCUT2D eigenvalue weighted by atomic mass is 32.2. The Kier molecular flexibility index (Phi) is 4.77. The number of rotatable bonds is 6. The summed E-state index contributed by atoms with van der Waals surface area (Å²) in [5.74, 6) is 0.466. The molecule has 1 aromatic carbocycles. The van der Waals surface area contributed by atoms with E-state index in [2.05, 4.69) is 0 Å². The predicted octanol–water partition coefficient (Wildman–Crippen LogP) is 0.810. The monoisotopic (exact) mass is 258 g/mol. The Morgan fingerprint density at radius 2 is 2.00 bits per heavy atom. The first kappa shape index (κ1) is 13.8. The van der Waals surface area contributed by atoms with E-state index in [-0.39, 0.29) is 12.3 Å². The highest BCUT2D eigenvalue weighted by molar-refractivity contribution is 7.92. The van der Waals surface area contributed by atoms with Crippen LogP contribution in [0.2, 0.25) is 0 Å². The summed E-state index contributed by atoms with van der Waals surface area (Å²) in [5.41, 5.74) is 5.87. The van der Waals surface area contributed by atoms with Crippen LogP contribution in [0.1, 0.15) is 6.92 Å². The van der Waals surface area contributed by atoms with E-state index in [1.807, 2.05) is 0 Å². The SMILES string of the molecule is CCN(c1ccccc1OC)S(=O)(=O)CCN. The fraction of sp³-hybridized carbons (Fsp3) is 0.455. The Labute approximate surface area is 102 Å². The number of para-hydroxylation sites is 2. The number of sulfonamides is 1. The Bertz CT molecular complexity index is 460. The van der Waals surface area contributed by atoms with Crippen LogP contribution in [-0.2, 0) is 10.0 Å². The molecule has 0 saturated heterocycles. The van der Waals surface area contributed by atoms with Crippen molar-refractivity contribution in [3.8, 4) is 5.75 Å². The summed E-state index contributed by atoms with van der Waals surface area (Å²) in [6, 6.07) is 7.02. The van der Waals surface area contributed by atoms with Crippen molar-refractivity contribution in [3.63, 3.8) is 0 Å². The first-order chi connectivity index (χ1) is 8.06. The summed E-state index contributed by atoms with van der Waals surface area (Å²) in [6.45, 7) is 2.23. The number of methoxy groups -OCH3 is 1. The van der Waals surface area contributed by atoms with Crippen LogP contribution in [0.5, 0.6) is 5.75 Å². The molecule has 1 rings (SSSR count). The summed E-state index contributed by atoms with van der Waals surface area (Å²) in [5, 5.41) is 0. The average Bonchev–Trinajstić information content (AvgIpc) is 2.30. The van der Waals surface area contributed by atoms with Crippen molar-refractivity contribution in [2.45, 2.75) is 6.92 Å². The van der Waals surface area contributed by atoms with E-state index < -0.39 is 10.0 Å². The van der Waals surface area contributed by atoms with Crippen LogP contribution in [-0.4, -0.2) is 34.4 Å². The molecule has 5 nitrogen and oxygen atoms in total. The van der Waals surface area contributed by atoms with Crippen LogP contribution in [0.3, 0.4) is 0 Å². The van der Waals surface area contributed by atoms with Gasteiger partial charge in [0.05, 0.1) is 18.6 Å². The lowest BCUT2D eigenvalue weighted by Crippen LogP contribution is -2.35. The van der Waals surface area contributed by atoms with Gasteiger partial charge >= 0.3 is 0 Å². The van der Waals surface area contributed by atoms with Crippen molar-refractivity contribution in [1.29, 1.82) is 0 Å². The third-order valence-corrected chi connectivity index (χ3v) is 4.23. The summed E-state index contributed by atoms with van der Waals surface area (Å²) < 4.78 is 30.5. The minimum atomic E-state index is -3.38. The van der Waals surface area contributed by atoms with Gasteiger partial charge in [0, 0.05) is 13.1 Å². The quantitative estimate of drug-likeness (QED) is 0.819. The van der Waals surface area contributed by atoms with Gasteiger partial charge in [0.1, 0.15) is 5.75 Å². The topological polar surface area (TPSA) is 72.6 Å². The molecule has 1 aromatic rings. The van der Waals surface area contributed by atoms with Crippen LogP contribution >= 0.6 is 0 Å². The molecular formula is C11H18N2O3S. The molecule has 0 heterocycles. The number of hydrogen-bond donors (Lipinski definition) is 1. The lowest BCUT2D eigenvalue weighted by Gasteiger charge is -2.24. The van der Waals surface area contributed by atoms with Crippen LogP contribution in [0.25, 0.3) is 0 Å². The van der Waals surface area contributed by atoms with E-state index in [4.69, 9.17) is 10.5 Å². The van der Waals surface area contributed by atoms with Crippen LogP contribution in [0.15, 0.2) is 24.3 Å². The molecule has 2 N–H and O–H groups in total. The zero-order chi connectivity index (χ0) is 12.9. The van der Waals surface area contributed by atoms with Crippen molar-refractivity contribution in [2.24, 2.45) is 5.73 Å². The Hall–Kier alpha value is -1.27. The molecule has 0 amide bonds. The second-order valence-corrected chi connectivity index (χ2v) is 5.45. The van der Waals surface area contributed by atoms with Gasteiger partial charge < -0.3 is 10.5 Å². The molecule has 96 valence electrons. The molecule has 0 saturated carbocycles. The van der Waals surface area contributed by atoms with Gasteiger partial charge in [0.15, 0.2) is 0 Å². The standard InChI is InChI=1S/C11H18N2O3S/c1-3-13(17(14,15)9-8-12)10-6-4-5-7-11(10)16-2/h4-7H,3,8-9,12H2,1-2H3. The van der Waals surface area contributed by atoms with Crippen molar-refractivity contribution in [2.75, 3.05) is 30.3 Å². The molecule has 0 aliphatic rings. The fourth-order valence-corrected chi connectivity index (χ4v) is 2.97. The summed E-state index contributed by atoms with van der Waals surface area (Å²) in [6.07, 6.45) is 0. The van der Waals surface area contributed by atoms with E-state index in [0.717, 1.165) is 0 Å². The van der Waals surface area contributed by atoms with Crippen molar-refractivity contribution >= 4 is 15.7 Å². The lowest BCUT2D eigenvalue weighted by atomic mass is 10.3. The molecule has 0 radical (unpaired) electrons. The third kappa shape index (κ3) is 3.10. The average molecular weight is 258 g/mol. The van der Waals surface area contributed by atoms with Crippen LogP contribution in [0, 0.1) is 0 Å². The van der Waals surface area contributed by atoms with Gasteiger partial charge in [-0.15, -0.1) is 0 Å². The van der Waals surface area contributed by atoms with Gasteiger partial charge in [-0.2, -0.15) is 0 Å². The maximum atomic E-state index is 12.0. The van der Waals surface area contributed by atoms with Crippen molar-refractivity contribution < 1.29 is 13.2 Å². The minimum Gasteiger partial charge on any atom is -0.495 e. The van der Waals surface area contributed by atoms with Crippen LogP contribution < -0.4 is 14.8 Å². The summed E-state index contributed by atoms with van der Waals surface area (Å²) in [4.78, 5) is 0. The van der Waals surface area contributed by atoms with Gasteiger partial charge in [0.25, 0.3) is 0 Å². The lowest BCUT2D eigenvalue weighted by molar-refractivity contribution is 0.415. The maximum Gasteiger partial charge on any atom is 0.236 e. The molecule has 6 heteroatoms. The van der Waals surface area contributed by atoms with Crippen molar-refractivity contribution in [1.82, 2.24) is 0 Å². The van der Waals surface area contributed by atoms with Gasteiger partial charge in [-0.3, -0.25) is 4.31 Å². The molecule has 0 unspecified atom stereocenters. The number of nitrogens with zero attached hydrogens (tertiary/aromatic N) is 1. The number of hydrogen-bond acceptors (Lipinski definition) is 4. The number of anilines is 1. The molecule has 17 heavy (non-hydrogen) atoms. The molecule has 0 atom stereocenters. The first-order valence-corrected chi connectivity index (χ1v) is 7.01. The van der Waals surface area contributed by atoms with E-state index in [1.165, 1.54) is 11.4 Å². The van der Waals surface area contributed by atoms with Crippen molar-refractivity contribution in [3.05, 3.63) is 24.3 Å². The fourth-order valence-electron chi connectivity index (χ4n) is 1.61. The highest BCUT2D eigenvalue weighted by Crippen LogP contribution is 2.29. The Morgan fingerprint density at radius 3 is 2.53 bits per heavy atom. The first-order valence-electron chi connectivity index (χ1n) is 5.40. The third-order valence-electron chi connectivity index (χ3n) is 2.35. The number of benzene rings is 1. The molecule has 0 spiro atoms. The van der Waals surface area contributed by atoms with Gasteiger partial charge in [-0.25, -0.2) is 8.42 Å².